The summed E-state index contributed by atoms with van der Waals surface area (Å²) in [7, 11) is 0. The Morgan fingerprint density at radius 2 is 1.67 bits per heavy atom. The van der Waals surface area contributed by atoms with Crippen molar-refractivity contribution in [3.05, 3.63) is 59.7 Å². The summed E-state index contributed by atoms with van der Waals surface area (Å²) >= 11 is 0. The number of ether oxygens (including phenoxy) is 1. The molecule has 0 aliphatic rings. The zero-order chi connectivity index (χ0) is 17.9. The van der Waals surface area contributed by atoms with Crippen molar-refractivity contribution in [3.63, 3.8) is 0 Å². The topological polar surface area (TPSA) is 38.3 Å². The molecule has 0 saturated heterocycles. The monoisotopic (exact) mass is 349 g/mol. The van der Waals surface area contributed by atoms with E-state index in [4.69, 9.17) is 0 Å². The molecule has 24 heavy (non-hydrogen) atoms. The van der Waals surface area contributed by atoms with Gasteiger partial charge in [0, 0.05) is 11.6 Å². The Labute approximate surface area is 131 Å². The lowest BCUT2D eigenvalue weighted by Gasteiger charge is -2.16. The second-order valence-electron chi connectivity index (χ2n) is 4.57. The van der Waals surface area contributed by atoms with Gasteiger partial charge in [-0.05, 0) is 36.4 Å². The molecular formula is C15H9F6NO2. The van der Waals surface area contributed by atoms with Crippen LogP contribution in [0.4, 0.5) is 32.0 Å². The van der Waals surface area contributed by atoms with E-state index in [1.165, 1.54) is 0 Å². The third-order valence-electron chi connectivity index (χ3n) is 2.80. The first-order valence-corrected chi connectivity index (χ1v) is 6.40. The maximum atomic E-state index is 13.4. The number of halogens is 6. The van der Waals surface area contributed by atoms with Crippen LogP contribution >= 0.6 is 0 Å². The highest BCUT2D eigenvalue weighted by Gasteiger charge is 2.43. The van der Waals surface area contributed by atoms with Gasteiger partial charge in [0.25, 0.3) is 5.91 Å². The Bertz CT molecular complexity index is 733. The fourth-order valence-corrected chi connectivity index (χ4v) is 1.66. The van der Waals surface area contributed by atoms with E-state index < -0.39 is 35.8 Å². The van der Waals surface area contributed by atoms with Gasteiger partial charge >= 0.3 is 12.5 Å². The van der Waals surface area contributed by atoms with E-state index in [1.807, 2.05) is 0 Å². The molecule has 0 aliphatic carbocycles. The van der Waals surface area contributed by atoms with E-state index in [1.54, 1.807) is 0 Å². The SMILES string of the molecule is O=C(Nc1ccc(F)cc1F)c1ccc(OC(F)(F)C(F)F)cc1. The first kappa shape index (κ1) is 17.6. The predicted octanol–water partition coefficient (Wildman–Crippen LogP) is 4.45. The minimum absolute atomic E-state index is 0.0774. The molecule has 2 aromatic carbocycles. The molecule has 0 fully saturated rings. The van der Waals surface area contributed by atoms with Crippen molar-refractivity contribution in [2.24, 2.45) is 0 Å². The molecule has 0 bridgehead atoms. The number of carbonyl (C=O) groups excluding carboxylic acids is 1. The lowest BCUT2D eigenvalue weighted by atomic mass is 10.2. The summed E-state index contributed by atoms with van der Waals surface area (Å²) in [6.07, 6.45) is -8.68. The van der Waals surface area contributed by atoms with Crippen LogP contribution in [-0.4, -0.2) is 18.4 Å². The van der Waals surface area contributed by atoms with Crippen LogP contribution in [-0.2, 0) is 0 Å². The van der Waals surface area contributed by atoms with E-state index in [0.29, 0.717) is 6.07 Å². The number of alkyl halides is 4. The first-order valence-electron chi connectivity index (χ1n) is 6.40. The number of benzene rings is 2. The van der Waals surface area contributed by atoms with Gasteiger partial charge in [0.15, 0.2) is 0 Å². The van der Waals surface area contributed by atoms with Crippen molar-refractivity contribution in [1.29, 1.82) is 0 Å². The van der Waals surface area contributed by atoms with Crippen molar-refractivity contribution in [1.82, 2.24) is 0 Å². The van der Waals surface area contributed by atoms with E-state index in [0.717, 1.165) is 36.4 Å². The molecule has 0 aromatic heterocycles. The largest absolute Gasteiger partial charge is 0.461 e. The summed E-state index contributed by atoms with van der Waals surface area (Å²) in [5, 5.41) is 2.15. The molecule has 0 aliphatic heterocycles. The zero-order valence-electron chi connectivity index (χ0n) is 11.7. The molecule has 0 heterocycles. The van der Waals surface area contributed by atoms with Gasteiger partial charge in [0.2, 0.25) is 0 Å². The summed E-state index contributed by atoms with van der Waals surface area (Å²) < 4.78 is 79.5. The van der Waals surface area contributed by atoms with Crippen LogP contribution in [0.2, 0.25) is 0 Å². The van der Waals surface area contributed by atoms with Crippen LogP contribution in [0.1, 0.15) is 10.4 Å². The van der Waals surface area contributed by atoms with Gasteiger partial charge in [-0.15, -0.1) is 0 Å². The highest BCUT2D eigenvalue weighted by Crippen LogP contribution is 2.27. The lowest BCUT2D eigenvalue weighted by molar-refractivity contribution is -0.253. The summed E-state index contributed by atoms with van der Waals surface area (Å²) in [4.78, 5) is 11.9. The van der Waals surface area contributed by atoms with Crippen LogP contribution in [0, 0.1) is 11.6 Å². The molecule has 0 atom stereocenters. The minimum atomic E-state index is -4.67. The molecule has 0 spiro atoms. The molecule has 0 unspecified atom stereocenters. The summed E-state index contributed by atoms with van der Waals surface area (Å²) in [5.74, 6) is -3.22. The normalized spacial score (nSPS) is 11.5. The van der Waals surface area contributed by atoms with Crippen LogP contribution < -0.4 is 10.1 Å². The third-order valence-corrected chi connectivity index (χ3v) is 2.80. The van der Waals surface area contributed by atoms with Crippen LogP contribution in [0.3, 0.4) is 0 Å². The van der Waals surface area contributed by atoms with E-state index >= 15 is 0 Å². The summed E-state index contributed by atoms with van der Waals surface area (Å²) in [6, 6.07) is 6.31. The van der Waals surface area contributed by atoms with E-state index in [-0.39, 0.29) is 11.3 Å². The van der Waals surface area contributed by atoms with Gasteiger partial charge in [-0.25, -0.2) is 8.78 Å². The summed E-state index contributed by atoms with van der Waals surface area (Å²) in [6.45, 7) is 0. The van der Waals surface area contributed by atoms with Crippen molar-refractivity contribution >= 4 is 11.6 Å². The molecule has 0 radical (unpaired) electrons. The molecule has 1 N–H and O–H groups in total. The number of hydrogen-bond acceptors (Lipinski definition) is 2. The van der Waals surface area contributed by atoms with Gasteiger partial charge in [-0.3, -0.25) is 4.79 Å². The number of hydrogen-bond donors (Lipinski definition) is 1. The smallest absolute Gasteiger partial charge is 0.428 e. The van der Waals surface area contributed by atoms with Gasteiger partial charge in [0.1, 0.15) is 17.4 Å². The number of carbonyl (C=O) groups is 1. The molecular weight excluding hydrogens is 340 g/mol. The fourth-order valence-electron chi connectivity index (χ4n) is 1.66. The predicted molar refractivity (Wildman–Crippen MR) is 72.3 cm³/mol. The number of nitrogens with one attached hydrogen (secondary N) is 1. The van der Waals surface area contributed by atoms with Crippen molar-refractivity contribution in [2.45, 2.75) is 12.5 Å². The standard InChI is InChI=1S/C15H9F6NO2/c16-9-3-6-12(11(17)7-9)22-13(23)8-1-4-10(5-2-8)24-15(20,21)14(18)19/h1-7,14H,(H,22,23). The van der Waals surface area contributed by atoms with Gasteiger partial charge < -0.3 is 10.1 Å². The second-order valence-corrected chi connectivity index (χ2v) is 4.57. The molecule has 9 heteroatoms. The molecule has 2 aromatic rings. The Morgan fingerprint density at radius 1 is 1.04 bits per heavy atom. The maximum Gasteiger partial charge on any atom is 0.461 e. The highest BCUT2D eigenvalue weighted by molar-refractivity contribution is 6.04. The third kappa shape index (κ3) is 4.18. The second kappa shape index (κ2) is 6.81. The molecule has 0 saturated carbocycles. The number of anilines is 1. The Balaban J connectivity index is 2.08. The van der Waals surface area contributed by atoms with Gasteiger partial charge in [-0.1, -0.05) is 0 Å². The molecule has 128 valence electrons. The Hall–Kier alpha value is -2.71. The number of rotatable bonds is 5. The van der Waals surface area contributed by atoms with E-state index in [9.17, 15) is 31.1 Å². The van der Waals surface area contributed by atoms with Crippen molar-refractivity contribution in [3.8, 4) is 5.75 Å². The van der Waals surface area contributed by atoms with Gasteiger partial charge in [0.05, 0.1) is 5.69 Å². The van der Waals surface area contributed by atoms with Crippen LogP contribution in [0.25, 0.3) is 0 Å². The summed E-state index contributed by atoms with van der Waals surface area (Å²) in [5.41, 5.74) is -0.364. The maximum absolute atomic E-state index is 13.4. The molecule has 2 rings (SSSR count). The van der Waals surface area contributed by atoms with Crippen molar-refractivity contribution in [2.75, 3.05) is 5.32 Å². The molecule has 1 amide bonds. The highest BCUT2D eigenvalue weighted by atomic mass is 19.3. The molecule has 3 nitrogen and oxygen atoms in total. The Kier molecular flexibility index (Phi) is 5.01. The van der Waals surface area contributed by atoms with Crippen LogP contribution in [0.15, 0.2) is 42.5 Å². The van der Waals surface area contributed by atoms with Crippen LogP contribution in [0.5, 0.6) is 5.75 Å². The van der Waals surface area contributed by atoms with Crippen molar-refractivity contribution < 1.29 is 35.9 Å². The minimum Gasteiger partial charge on any atom is -0.428 e. The lowest BCUT2D eigenvalue weighted by Crippen LogP contribution is -2.33. The number of amides is 1. The fraction of sp³-hybridized carbons (Fsp3) is 0.133. The van der Waals surface area contributed by atoms with Gasteiger partial charge in [-0.2, -0.15) is 17.6 Å². The average Bonchev–Trinajstić information content (AvgIpc) is 2.50. The Morgan fingerprint density at radius 3 is 2.21 bits per heavy atom. The average molecular weight is 349 g/mol. The zero-order valence-corrected chi connectivity index (χ0v) is 11.7. The van der Waals surface area contributed by atoms with E-state index in [2.05, 4.69) is 10.1 Å². The first-order chi connectivity index (χ1) is 11.2. The quantitative estimate of drug-likeness (QED) is 0.810.